The number of rotatable bonds is 8. The molecule has 3 aromatic carbocycles. The SMILES string of the molecule is CC[C@H](C)c1nc2ccc(Br)cc2c(=O)n1N=Cc1cc(OC)c(OCc2ccccc2)c(Cl)c1Br. The highest BCUT2D eigenvalue weighted by atomic mass is 79.9. The third-order valence-corrected chi connectivity index (χ3v) is 7.74. The van der Waals surface area contributed by atoms with Gasteiger partial charge < -0.3 is 9.47 Å². The molecule has 4 rings (SSSR count). The van der Waals surface area contributed by atoms with E-state index >= 15 is 0 Å². The molecule has 1 aromatic heterocycles. The number of benzene rings is 3. The summed E-state index contributed by atoms with van der Waals surface area (Å²) < 4.78 is 14.3. The summed E-state index contributed by atoms with van der Waals surface area (Å²) in [5, 5.41) is 5.37. The van der Waals surface area contributed by atoms with E-state index in [1.54, 1.807) is 25.5 Å². The Labute approximate surface area is 231 Å². The Morgan fingerprint density at radius 1 is 1.17 bits per heavy atom. The molecule has 0 spiro atoms. The zero-order valence-corrected chi connectivity index (χ0v) is 23.9. The van der Waals surface area contributed by atoms with Crippen LogP contribution >= 0.6 is 43.5 Å². The Morgan fingerprint density at radius 2 is 1.92 bits per heavy atom. The van der Waals surface area contributed by atoms with Crippen molar-refractivity contribution in [1.82, 2.24) is 9.66 Å². The summed E-state index contributed by atoms with van der Waals surface area (Å²) in [5.41, 5.74) is 2.02. The van der Waals surface area contributed by atoms with Crippen molar-refractivity contribution in [3.05, 3.63) is 95.9 Å². The molecule has 6 nitrogen and oxygen atoms in total. The molecule has 0 N–H and O–H groups in total. The lowest BCUT2D eigenvalue weighted by Gasteiger charge is -2.16. The number of methoxy groups -OCH3 is 1. The molecule has 0 aliphatic heterocycles. The standard InChI is InChI=1S/C27H24Br2ClN3O3/c1-4-16(2)26-32-21-11-10-19(28)13-20(21)27(34)33(26)31-14-18-12-22(35-3)25(24(30)23(18)29)36-15-17-8-6-5-7-9-17/h5-14,16H,4,15H2,1-3H3/t16-/m0/s1. The van der Waals surface area contributed by atoms with Crippen LogP contribution in [0.3, 0.4) is 0 Å². The highest BCUT2D eigenvalue weighted by Gasteiger charge is 2.19. The summed E-state index contributed by atoms with van der Waals surface area (Å²) in [4.78, 5) is 18.1. The molecular weight excluding hydrogens is 610 g/mol. The predicted octanol–water partition coefficient (Wildman–Crippen LogP) is 7.56. The van der Waals surface area contributed by atoms with Crippen LogP contribution in [0.4, 0.5) is 0 Å². The van der Waals surface area contributed by atoms with E-state index in [2.05, 4.69) is 37.0 Å². The van der Waals surface area contributed by atoms with Crippen molar-refractivity contribution in [2.75, 3.05) is 7.11 Å². The van der Waals surface area contributed by atoms with Crippen LogP contribution in [-0.2, 0) is 6.61 Å². The molecule has 1 heterocycles. The van der Waals surface area contributed by atoms with Gasteiger partial charge in [-0.05, 0) is 52.2 Å². The minimum atomic E-state index is -0.246. The van der Waals surface area contributed by atoms with E-state index in [0.717, 1.165) is 16.5 Å². The van der Waals surface area contributed by atoms with Gasteiger partial charge in [-0.15, -0.1) is 0 Å². The summed E-state index contributed by atoms with van der Waals surface area (Å²) in [7, 11) is 1.55. The molecular formula is C27H24Br2ClN3O3. The normalized spacial score (nSPS) is 12.3. The van der Waals surface area contributed by atoms with Crippen LogP contribution < -0.4 is 15.0 Å². The van der Waals surface area contributed by atoms with Crippen LogP contribution in [0.1, 0.15) is 43.1 Å². The quantitative estimate of drug-likeness (QED) is 0.188. The Hall–Kier alpha value is -2.68. The van der Waals surface area contributed by atoms with Gasteiger partial charge in [-0.3, -0.25) is 4.79 Å². The minimum Gasteiger partial charge on any atom is -0.493 e. The number of nitrogens with zero attached hydrogens (tertiary/aromatic N) is 3. The number of fused-ring (bicyclic) bond motifs is 1. The second kappa shape index (κ2) is 11.6. The van der Waals surface area contributed by atoms with Crippen molar-refractivity contribution < 1.29 is 9.47 Å². The maximum Gasteiger partial charge on any atom is 0.282 e. The maximum absolute atomic E-state index is 13.4. The molecule has 4 aromatic rings. The first-order chi connectivity index (χ1) is 17.3. The Balaban J connectivity index is 1.76. The van der Waals surface area contributed by atoms with Gasteiger partial charge in [0.1, 0.15) is 17.5 Å². The maximum atomic E-state index is 13.4. The van der Waals surface area contributed by atoms with E-state index < -0.39 is 0 Å². The second-order valence-electron chi connectivity index (χ2n) is 8.20. The highest BCUT2D eigenvalue weighted by Crippen LogP contribution is 2.42. The number of ether oxygens (including phenoxy) is 2. The van der Waals surface area contributed by atoms with Crippen molar-refractivity contribution in [2.45, 2.75) is 32.8 Å². The number of hydrogen-bond acceptors (Lipinski definition) is 5. The summed E-state index contributed by atoms with van der Waals surface area (Å²) >= 11 is 13.7. The Bertz CT molecular complexity index is 1490. The molecule has 0 unspecified atom stereocenters. The highest BCUT2D eigenvalue weighted by molar-refractivity contribution is 9.10. The molecule has 0 aliphatic carbocycles. The molecule has 0 aliphatic rings. The molecule has 0 radical (unpaired) electrons. The molecule has 186 valence electrons. The van der Waals surface area contributed by atoms with Crippen LogP contribution in [0.15, 0.2) is 73.4 Å². The second-order valence-corrected chi connectivity index (χ2v) is 10.3. The summed E-state index contributed by atoms with van der Waals surface area (Å²) in [5.74, 6) is 1.49. The van der Waals surface area contributed by atoms with Crippen molar-refractivity contribution in [3.8, 4) is 11.5 Å². The van der Waals surface area contributed by atoms with E-state index in [0.29, 0.717) is 49.9 Å². The molecule has 0 bridgehead atoms. The topological polar surface area (TPSA) is 65.7 Å². The smallest absolute Gasteiger partial charge is 0.282 e. The first-order valence-electron chi connectivity index (χ1n) is 11.3. The summed E-state index contributed by atoms with van der Waals surface area (Å²) in [6.45, 7) is 4.40. The fourth-order valence-corrected chi connectivity index (χ4v) is 4.63. The van der Waals surface area contributed by atoms with Crippen molar-refractivity contribution >= 4 is 60.6 Å². The Morgan fingerprint density at radius 3 is 2.61 bits per heavy atom. The van der Waals surface area contributed by atoms with E-state index in [1.807, 2.05) is 56.3 Å². The lowest BCUT2D eigenvalue weighted by Crippen LogP contribution is -2.23. The van der Waals surface area contributed by atoms with Crippen molar-refractivity contribution in [2.24, 2.45) is 5.10 Å². The van der Waals surface area contributed by atoms with Gasteiger partial charge in [0.05, 0.1) is 24.2 Å². The van der Waals surface area contributed by atoms with Crippen molar-refractivity contribution in [3.63, 3.8) is 0 Å². The molecule has 0 fully saturated rings. The van der Waals surface area contributed by atoms with Crippen LogP contribution in [0, 0.1) is 0 Å². The monoisotopic (exact) mass is 631 g/mol. The van der Waals surface area contributed by atoms with Gasteiger partial charge in [0.2, 0.25) is 0 Å². The molecule has 9 heteroatoms. The lowest BCUT2D eigenvalue weighted by molar-refractivity contribution is 0.284. The van der Waals surface area contributed by atoms with Gasteiger partial charge in [0.15, 0.2) is 11.5 Å². The summed E-state index contributed by atoms with van der Waals surface area (Å²) in [6.07, 6.45) is 2.37. The third kappa shape index (κ3) is 5.51. The zero-order chi connectivity index (χ0) is 25.8. The van der Waals surface area contributed by atoms with Gasteiger partial charge in [-0.2, -0.15) is 9.78 Å². The summed E-state index contributed by atoms with van der Waals surface area (Å²) in [6, 6.07) is 17.0. The average Bonchev–Trinajstić information content (AvgIpc) is 2.89. The predicted molar refractivity (Wildman–Crippen MR) is 152 cm³/mol. The van der Waals surface area contributed by atoms with E-state index in [-0.39, 0.29) is 11.5 Å². The van der Waals surface area contributed by atoms with Crippen LogP contribution in [-0.4, -0.2) is 23.0 Å². The molecule has 1 atom stereocenters. The van der Waals surface area contributed by atoms with E-state index in [9.17, 15) is 4.79 Å². The van der Waals surface area contributed by atoms with E-state index in [4.69, 9.17) is 26.1 Å². The van der Waals surface area contributed by atoms with Gasteiger partial charge in [-0.25, -0.2) is 4.98 Å². The molecule has 0 amide bonds. The first kappa shape index (κ1) is 26.4. The van der Waals surface area contributed by atoms with Crippen LogP contribution in [0.5, 0.6) is 11.5 Å². The van der Waals surface area contributed by atoms with Gasteiger partial charge >= 0.3 is 0 Å². The largest absolute Gasteiger partial charge is 0.493 e. The molecule has 36 heavy (non-hydrogen) atoms. The van der Waals surface area contributed by atoms with Gasteiger partial charge in [0.25, 0.3) is 5.56 Å². The zero-order valence-electron chi connectivity index (χ0n) is 20.0. The average molecular weight is 634 g/mol. The first-order valence-corrected chi connectivity index (χ1v) is 13.3. The number of hydrogen-bond donors (Lipinski definition) is 0. The van der Waals surface area contributed by atoms with E-state index in [1.165, 1.54) is 4.68 Å². The third-order valence-electron chi connectivity index (χ3n) is 5.80. The number of halogens is 3. The van der Waals surface area contributed by atoms with Gasteiger partial charge in [-0.1, -0.05) is 71.7 Å². The Kier molecular flexibility index (Phi) is 8.49. The number of aromatic nitrogens is 2. The fourth-order valence-electron chi connectivity index (χ4n) is 3.61. The van der Waals surface area contributed by atoms with Crippen LogP contribution in [0.25, 0.3) is 10.9 Å². The van der Waals surface area contributed by atoms with Crippen LogP contribution in [0.2, 0.25) is 5.02 Å². The fraction of sp³-hybridized carbons (Fsp3) is 0.222. The molecule has 0 saturated heterocycles. The van der Waals surface area contributed by atoms with Crippen molar-refractivity contribution in [1.29, 1.82) is 0 Å². The molecule has 0 saturated carbocycles. The minimum absolute atomic E-state index is 0.0261. The van der Waals surface area contributed by atoms with Gasteiger partial charge in [0, 0.05) is 20.4 Å². The lowest BCUT2D eigenvalue weighted by atomic mass is 10.1.